The number of aryl methyl sites for hydroxylation is 1. The molecule has 4 rings (SSSR count). The predicted octanol–water partition coefficient (Wildman–Crippen LogP) is 6.44. The Bertz CT molecular complexity index is 1050. The van der Waals surface area contributed by atoms with Gasteiger partial charge in [-0.1, -0.05) is 71.7 Å². The number of benzene rings is 3. The van der Waals surface area contributed by atoms with Gasteiger partial charge in [-0.25, -0.2) is 4.98 Å². The van der Waals surface area contributed by atoms with E-state index in [1.165, 1.54) is 16.3 Å². The lowest BCUT2D eigenvalue weighted by molar-refractivity contribution is 1.02. The highest BCUT2D eigenvalue weighted by Gasteiger charge is 2.15. The van der Waals surface area contributed by atoms with Crippen LogP contribution in [-0.2, 0) is 6.42 Å². The summed E-state index contributed by atoms with van der Waals surface area (Å²) in [6, 6.07) is 20.4. The minimum atomic E-state index is 0.611. The molecule has 1 N–H and O–H groups in total. The van der Waals surface area contributed by atoms with Crippen molar-refractivity contribution in [2.45, 2.75) is 13.3 Å². The van der Waals surface area contributed by atoms with E-state index in [1.807, 2.05) is 25.1 Å². The molecular formula is C21H16Cl2N2. The Balaban J connectivity index is 1.70. The first kappa shape index (κ1) is 16.2. The number of hydrogen-bond acceptors (Lipinski definition) is 1. The highest BCUT2D eigenvalue weighted by atomic mass is 35.5. The van der Waals surface area contributed by atoms with Crippen LogP contribution in [-0.4, -0.2) is 9.97 Å². The summed E-state index contributed by atoms with van der Waals surface area (Å²) in [4.78, 5) is 8.12. The van der Waals surface area contributed by atoms with Crippen LogP contribution in [0.15, 0.2) is 60.7 Å². The van der Waals surface area contributed by atoms with E-state index >= 15 is 0 Å². The van der Waals surface area contributed by atoms with Gasteiger partial charge >= 0.3 is 0 Å². The smallest absolute Gasteiger partial charge is 0.111 e. The van der Waals surface area contributed by atoms with E-state index in [1.54, 1.807) is 0 Å². The molecule has 0 atom stereocenters. The summed E-state index contributed by atoms with van der Waals surface area (Å²) in [5, 5.41) is 3.70. The van der Waals surface area contributed by atoms with Gasteiger partial charge in [0.1, 0.15) is 5.82 Å². The van der Waals surface area contributed by atoms with Gasteiger partial charge in [-0.15, -0.1) is 0 Å². The molecular weight excluding hydrogens is 351 g/mol. The van der Waals surface area contributed by atoms with Crippen molar-refractivity contribution in [1.29, 1.82) is 0 Å². The molecule has 0 aliphatic heterocycles. The van der Waals surface area contributed by atoms with Crippen LogP contribution in [0.5, 0.6) is 0 Å². The average Bonchev–Trinajstić information content (AvgIpc) is 2.95. The van der Waals surface area contributed by atoms with Crippen LogP contribution >= 0.6 is 23.2 Å². The molecule has 4 heteroatoms. The summed E-state index contributed by atoms with van der Waals surface area (Å²) >= 11 is 12.7. The lowest BCUT2D eigenvalue weighted by atomic mass is 10.1. The lowest BCUT2D eigenvalue weighted by Gasteiger charge is -2.04. The van der Waals surface area contributed by atoms with Gasteiger partial charge in [0, 0.05) is 17.7 Å². The van der Waals surface area contributed by atoms with Crippen LogP contribution < -0.4 is 0 Å². The molecule has 1 heterocycles. The number of aromatic nitrogens is 2. The van der Waals surface area contributed by atoms with Crippen molar-refractivity contribution >= 4 is 34.0 Å². The van der Waals surface area contributed by atoms with E-state index in [9.17, 15) is 0 Å². The number of nitrogens with one attached hydrogen (secondary N) is 1. The molecule has 0 saturated carbocycles. The van der Waals surface area contributed by atoms with E-state index < -0.39 is 0 Å². The van der Waals surface area contributed by atoms with E-state index in [2.05, 4.69) is 47.4 Å². The van der Waals surface area contributed by atoms with Crippen LogP contribution in [0.4, 0.5) is 0 Å². The minimum Gasteiger partial charge on any atom is -0.345 e. The molecule has 0 aliphatic rings. The molecule has 0 radical (unpaired) electrons. The minimum absolute atomic E-state index is 0.611. The Morgan fingerprint density at radius 3 is 2.36 bits per heavy atom. The van der Waals surface area contributed by atoms with E-state index in [4.69, 9.17) is 28.2 Å². The molecule has 0 aliphatic carbocycles. The fourth-order valence-corrected chi connectivity index (χ4v) is 3.69. The molecule has 0 spiro atoms. The van der Waals surface area contributed by atoms with Crippen molar-refractivity contribution in [3.8, 4) is 11.3 Å². The molecule has 1 aromatic heterocycles. The van der Waals surface area contributed by atoms with E-state index in [0.29, 0.717) is 10.0 Å². The first-order valence-electron chi connectivity index (χ1n) is 8.09. The maximum atomic E-state index is 6.33. The molecule has 4 aromatic rings. The van der Waals surface area contributed by atoms with Gasteiger partial charge in [0.25, 0.3) is 0 Å². The second-order valence-electron chi connectivity index (χ2n) is 6.11. The summed E-state index contributed by atoms with van der Waals surface area (Å²) in [6.07, 6.45) is 0.730. The number of fused-ring (bicyclic) bond motifs is 1. The normalized spacial score (nSPS) is 11.2. The van der Waals surface area contributed by atoms with Crippen LogP contribution in [0.2, 0.25) is 10.0 Å². The van der Waals surface area contributed by atoms with Crippen molar-refractivity contribution in [2.24, 2.45) is 0 Å². The quantitative estimate of drug-likeness (QED) is 0.444. The third kappa shape index (κ3) is 3.15. The number of halogens is 2. The maximum absolute atomic E-state index is 6.33. The monoisotopic (exact) mass is 366 g/mol. The Kier molecular flexibility index (Phi) is 4.24. The Morgan fingerprint density at radius 1 is 0.880 bits per heavy atom. The zero-order chi connectivity index (χ0) is 17.4. The number of imidazole rings is 1. The van der Waals surface area contributed by atoms with Crippen LogP contribution in [0.1, 0.15) is 17.1 Å². The zero-order valence-corrected chi connectivity index (χ0v) is 15.2. The summed E-state index contributed by atoms with van der Waals surface area (Å²) < 4.78 is 0. The van der Waals surface area contributed by atoms with Crippen LogP contribution in [0, 0.1) is 6.92 Å². The van der Waals surface area contributed by atoms with E-state index in [0.717, 1.165) is 29.2 Å². The van der Waals surface area contributed by atoms with Gasteiger partial charge in [-0.3, -0.25) is 0 Å². The summed E-state index contributed by atoms with van der Waals surface area (Å²) in [5.41, 5.74) is 3.77. The van der Waals surface area contributed by atoms with Crippen LogP contribution in [0.3, 0.4) is 0 Å². The molecule has 25 heavy (non-hydrogen) atoms. The second-order valence-corrected chi connectivity index (χ2v) is 6.93. The molecule has 3 aromatic carbocycles. The lowest BCUT2D eigenvalue weighted by Crippen LogP contribution is -1.91. The Morgan fingerprint density at radius 2 is 1.60 bits per heavy atom. The molecule has 0 bridgehead atoms. The van der Waals surface area contributed by atoms with Gasteiger partial charge in [0.2, 0.25) is 0 Å². The summed E-state index contributed by atoms with van der Waals surface area (Å²) in [5.74, 6) is 0.902. The zero-order valence-electron chi connectivity index (χ0n) is 13.7. The van der Waals surface area contributed by atoms with Gasteiger partial charge in [0.05, 0.1) is 15.7 Å². The Labute approximate surface area is 156 Å². The SMILES string of the molecule is Cc1[nH]c(Cc2ccc3ccccc3c2)nc1-c1c(Cl)cccc1Cl. The molecule has 0 amide bonds. The fraction of sp³-hybridized carbons (Fsp3) is 0.0952. The van der Waals surface area contributed by atoms with Crippen molar-refractivity contribution in [3.05, 3.63) is 87.8 Å². The number of hydrogen-bond donors (Lipinski definition) is 1. The molecule has 2 nitrogen and oxygen atoms in total. The van der Waals surface area contributed by atoms with Crippen molar-refractivity contribution in [2.75, 3.05) is 0 Å². The highest BCUT2D eigenvalue weighted by molar-refractivity contribution is 6.39. The molecule has 0 saturated heterocycles. The highest BCUT2D eigenvalue weighted by Crippen LogP contribution is 2.35. The number of nitrogens with zero attached hydrogens (tertiary/aromatic N) is 1. The largest absolute Gasteiger partial charge is 0.345 e. The van der Waals surface area contributed by atoms with E-state index in [-0.39, 0.29) is 0 Å². The second kappa shape index (κ2) is 6.55. The maximum Gasteiger partial charge on any atom is 0.111 e. The average molecular weight is 367 g/mol. The number of rotatable bonds is 3. The third-order valence-electron chi connectivity index (χ3n) is 4.32. The van der Waals surface area contributed by atoms with Crippen molar-refractivity contribution in [1.82, 2.24) is 9.97 Å². The van der Waals surface area contributed by atoms with Crippen LogP contribution in [0.25, 0.3) is 22.0 Å². The van der Waals surface area contributed by atoms with Gasteiger partial charge < -0.3 is 4.98 Å². The van der Waals surface area contributed by atoms with Gasteiger partial charge in [0.15, 0.2) is 0 Å². The van der Waals surface area contributed by atoms with Gasteiger partial charge in [-0.2, -0.15) is 0 Å². The van der Waals surface area contributed by atoms with Crippen molar-refractivity contribution < 1.29 is 0 Å². The fourth-order valence-electron chi connectivity index (χ4n) is 3.12. The number of H-pyrrole nitrogens is 1. The third-order valence-corrected chi connectivity index (χ3v) is 4.95. The standard InChI is InChI=1S/C21H16Cl2N2/c1-13-21(20-17(22)7-4-8-18(20)23)25-19(24-13)12-14-9-10-15-5-2-3-6-16(15)11-14/h2-11H,12H2,1H3,(H,24,25). The van der Waals surface area contributed by atoms with Gasteiger partial charge in [-0.05, 0) is 35.4 Å². The number of aromatic amines is 1. The molecule has 0 fully saturated rings. The Hall–Kier alpha value is -2.29. The summed E-state index contributed by atoms with van der Waals surface area (Å²) in [7, 11) is 0. The first-order chi connectivity index (χ1) is 12.1. The summed E-state index contributed by atoms with van der Waals surface area (Å²) in [6.45, 7) is 1.99. The topological polar surface area (TPSA) is 28.7 Å². The first-order valence-corrected chi connectivity index (χ1v) is 8.85. The molecule has 0 unspecified atom stereocenters. The predicted molar refractivity (Wildman–Crippen MR) is 106 cm³/mol. The van der Waals surface area contributed by atoms with Crippen molar-refractivity contribution in [3.63, 3.8) is 0 Å². The molecule has 124 valence electrons.